The predicted molar refractivity (Wildman–Crippen MR) is 60.0 cm³/mol. The van der Waals surface area contributed by atoms with Crippen molar-refractivity contribution in [3.8, 4) is 0 Å². The zero-order chi connectivity index (χ0) is 10.8. The summed E-state index contributed by atoms with van der Waals surface area (Å²) in [5.41, 5.74) is 0. The Labute approximate surface area is 89.0 Å². The van der Waals surface area contributed by atoms with Crippen molar-refractivity contribution in [3.63, 3.8) is 0 Å². The molecule has 1 unspecified atom stereocenters. The van der Waals surface area contributed by atoms with Gasteiger partial charge in [-0.3, -0.25) is 0 Å². The largest absolute Gasteiger partial charge is 0.353 e. The number of ether oxygens (including phenoxy) is 2. The van der Waals surface area contributed by atoms with E-state index in [1.165, 1.54) is 19.3 Å². The highest BCUT2D eigenvalue weighted by Gasteiger charge is 2.02. The average molecular weight is 201 g/mol. The zero-order valence-electron chi connectivity index (χ0n) is 9.92. The maximum absolute atomic E-state index is 5.41. The molecule has 0 amide bonds. The quantitative estimate of drug-likeness (QED) is 0.420. The van der Waals surface area contributed by atoms with Gasteiger partial charge in [-0.15, -0.1) is 0 Å². The minimum Gasteiger partial charge on any atom is -0.353 e. The van der Waals surface area contributed by atoms with Crippen LogP contribution in [0.4, 0.5) is 0 Å². The first-order valence-corrected chi connectivity index (χ1v) is 5.73. The summed E-state index contributed by atoms with van der Waals surface area (Å²) >= 11 is 0. The van der Waals surface area contributed by atoms with Gasteiger partial charge in [0.05, 0.1) is 6.61 Å². The van der Waals surface area contributed by atoms with Gasteiger partial charge in [-0.1, -0.05) is 40.0 Å². The van der Waals surface area contributed by atoms with Crippen molar-refractivity contribution < 1.29 is 9.47 Å². The number of rotatable bonds is 9. The van der Waals surface area contributed by atoms with Crippen LogP contribution in [0.5, 0.6) is 0 Å². The molecule has 0 aliphatic carbocycles. The molecular weight excluding hydrogens is 176 g/mol. The lowest BCUT2D eigenvalue weighted by atomic mass is 10.2. The van der Waals surface area contributed by atoms with Crippen LogP contribution in [0.1, 0.15) is 46.5 Å². The summed E-state index contributed by atoms with van der Waals surface area (Å²) in [5.74, 6) is 0.544. The Morgan fingerprint density at radius 1 is 1.07 bits per heavy atom. The molecule has 0 rings (SSSR count). The van der Waals surface area contributed by atoms with Crippen LogP contribution in [0.15, 0.2) is 0 Å². The van der Waals surface area contributed by atoms with E-state index in [9.17, 15) is 0 Å². The normalized spacial score (nSPS) is 13.5. The first kappa shape index (κ1) is 13.9. The minimum atomic E-state index is -0.293. The molecule has 2 nitrogen and oxygen atoms in total. The van der Waals surface area contributed by atoms with Crippen molar-refractivity contribution in [2.75, 3.05) is 13.2 Å². The Morgan fingerprint density at radius 3 is 2.36 bits per heavy atom. The van der Waals surface area contributed by atoms with Gasteiger partial charge < -0.3 is 9.47 Å². The standard InChI is InChI=1S/C12H25O2/c1-5-6-7-8-9-13-12(4)14-10-11(2)3/h11-12H,4-10H2,1-3H3. The van der Waals surface area contributed by atoms with E-state index in [-0.39, 0.29) is 6.29 Å². The summed E-state index contributed by atoms with van der Waals surface area (Å²) < 4.78 is 10.8. The third kappa shape index (κ3) is 10.0. The van der Waals surface area contributed by atoms with Crippen LogP contribution in [-0.2, 0) is 9.47 Å². The van der Waals surface area contributed by atoms with Crippen LogP contribution < -0.4 is 0 Å². The Morgan fingerprint density at radius 2 is 1.79 bits per heavy atom. The molecule has 0 aromatic rings. The maximum atomic E-state index is 5.41. The molecule has 0 heterocycles. The molecule has 85 valence electrons. The fourth-order valence-corrected chi connectivity index (χ4v) is 1.09. The van der Waals surface area contributed by atoms with Gasteiger partial charge in [-0.2, -0.15) is 0 Å². The summed E-state index contributed by atoms with van der Waals surface area (Å²) in [7, 11) is 0. The van der Waals surface area contributed by atoms with Crippen LogP contribution in [0, 0.1) is 12.8 Å². The maximum Gasteiger partial charge on any atom is 0.157 e. The second-order valence-corrected chi connectivity index (χ2v) is 4.09. The van der Waals surface area contributed by atoms with Crippen molar-refractivity contribution in [2.24, 2.45) is 5.92 Å². The topological polar surface area (TPSA) is 18.5 Å². The average Bonchev–Trinajstić information content (AvgIpc) is 2.14. The second kappa shape index (κ2) is 9.47. The smallest absolute Gasteiger partial charge is 0.157 e. The lowest BCUT2D eigenvalue weighted by Crippen LogP contribution is -2.17. The molecule has 0 N–H and O–H groups in total. The monoisotopic (exact) mass is 201 g/mol. The van der Waals surface area contributed by atoms with Gasteiger partial charge in [0.25, 0.3) is 0 Å². The van der Waals surface area contributed by atoms with Crippen LogP contribution >= 0.6 is 0 Å². The van der Waals surface area contributed by atoms with E-state index in [1.807, 2.05) is 0 Å². The Kier molecular flexibility index (Phi) is 9.42. The molecule has 0 spiro atoms. The van der Waals surface area contributed by atoms with Crippen molar-refractivity contribution in [1.29, 1.82) is 0 Å². The van der Waals surface area contributed by atoms with Crippen molar-refractivity contribution in [3.05, 3.63) is 6.92 Å². The Bertz CT molecular complexity index is 113. The fourth-order valence-electron chi connectivity index (χ4n) is 1.09. The van der Waals surface area contributed by atoms with Crippen LogP contribution in [0.3, 0.4) is 0 Å². The van der Waals surface area contributed by atoms with E-state index >= 15 is 0 Å². The molecule has 0 saturated carbocycles. The summed E-state index contributed by atoms with van der Waals surface area (Å²) in [6.45, 7) is 11.7. The molecule has 0 bridgehead atoms. The van der Waals surface area contributed by atoms with Gasteiger partial charge in [0.1, 0.15) is 0 Å². The van der Waals surface area contributed by atoms with Gasteiger partial charge in [-0.05, 0) is 12.3 Å². The third-order valence-electron chi connectivity index (χ3n) is 1.92. The van der Waals surface area contributed by atoms with Gasteiger partial charge in [0.15, 0.2) is 6.29 Å². The van der Waals surface area contributed by atoms with Crippen LogP contribution in [-0.4, -0.2) is 19.5 Å². The molecule has 1 radical (unpaired) electrons. The molecule has 14 heavy (non-hydrogen) atoms. The highest BCUT2D eigenvalue weighted by atomic mass is 16.7. The van der Waals surface area contributed by atoms with E-state index < -0.39 is 0 Å². The Balaban J connectivity index is 3.14. The Hall–Kier alpha value is -0.0800. The predicted octanol–water partition coefficient (Wildman–Crippen LogP) is 3.42. The van der Waals surface area contributed by atoms with Gasteiger partial charge >= 0.3 is 0 Å². The highest BCUT2D eigenvalue weighted by Crippen LogP contribution is 2.03. The first-order valence-electron chi connectivity index (χ1n) is 5.73. The molecule has 0 aromatic carbocycles. The molecule has 0 saturated heterocycles. The summed E-state index contributed by atoms with van der Waals surface area (Å²) in [5, 5.41) is 0. The van der Waals surface area contributed by atoms with Crippen LogP contribution in [0.25, 0.3) is 0 Å². The van der Waals surface area contributed by atoms with Gasteiger partial charge in [0.2, 0.25) is 0 Å². The lowest BCUT2D eigenvalue weighted by molar-refractivity contribution is -0.120. The van der Waals surface area contributed by atoms with E-state index in [4.69, 9.17) is 9.47 Å². The minimum absolute atomic E-state index is 0.293. The molecule has 0 aliphatic heterocycles. The fraction of sp³-hybridized carbons (Fsp3) is 0.917. The second-order valence-electron chi connectivity index (χ2n) is 4.09. The van der Waals surface area contributed by atoms with E-state index in [2.05, 4.69) is 27.7 Å². The number of hydrogen-bond donors (Lipinski definition) is 0. The highest BCUT2D eigenvalue weighted by molar-refractivity contribution is 4.49. The molecule has 1 atom stereocenters. The summed E-state index contributed by atoms with van der Waals surface area (Å²) in [6.07, 6.45) is 4.62. The van der Waals surface area contributed by atoms with E-state index in [0.717, 1.165) is 19.6 Å². The molecule has 0 fully saturated rings. The van der Waals surface area contributed by atoms with E-state index in [0.29, 0.717) is 5.92 Å². The molecule has 0 aliphatic rings. The van der Waals surface area contributed by atoms with Crippen molar-refractivity contribution in [1.82, 2.24) is 0 Å². The zero-order valence-corrected chi connectivity index (χ0v) is 9.92. The SMILES string of the molecule is [CH2]C(OCCCCCC)OCC(C)C. The van der Waals surface area contributed by atoms with Gasteiger partial charge in [0, 0.05) is 13.5 Å². The summed E-state index contributed by atoms with van der Waals surface area (Å²) in [4.78, 5) is 0. The third-order valence-corrected chi connectivity index (χ3v) is 1.92. The summed E-state index contributed by atoms with van der Waals surface area (Å²) in [6, 6.07) is 0. The number of unbranched alkanes of at least 4 members (excludes halogenated alkanes) is 3. The molecular formula is C12H25O2. The van der Waals surface area contributed by atoms with Crippen molar-refractivity contribution >= 4 is 0 Å². The first-order chi connectivity index (χ1) is 6.66. The number of hydrogen-bond acceptors (Lipinski definition) is 2. The lowest BCUT2D eigenvalue weighted by Gasteiger charge is -2.15. The van der Waals surface area contributed by atoms with E-state index in [1.54, 1.807) is 0 Å². The molecule has 0 aromatic heterocycles. The van der Waals surface area contributed by atoms with Gasteiger partial charge in [-0.25, -0.2) is 0 Å². The molecule has 2 heteroatoms. The van der Waals surface area contributed by atoms with Crippen LogP contribution in [0.2, 0.25) is 0 Å². The van der Waals surface area contributed by atoms with Crippen molar-refractivity contribution in [2.45, 2.75) is 52.7 Å².